The Morgan fingerprint density at radius 3 is 2.83 bits per heavy atom. The zero-order valence-electron chi connectivity index (χ0n) is 13.9. The second kappa shape index (κ2) is 6.91. The number of pyridine rings is 1. The molecule has 0 unspecified atom stereocenters. The van der Waals surface area contributed by atoms with Crippen molar-refractivity contribution in [2.45, 2.75) is 39.5 Å². The summed E-state index contributed by atoms with van der Waals surface area (Å²) in [5, 5.41) is 0. The molecule has 2 aromatic rings. The van der Waals surface area contributed by atoms with Crippen LogP contribution in [0.4, 0.5) is 0 Å². The fourth-order valence-corrected chi connectivity index (χ4v) is 3.38. The van der Waals surface area contributed by atoms with Gasteiger partial charge in [-0.25, -0.2) is 0 Å². The van der Waals surface area contributed by atoms with E-state index in [0.717, 1.165) is 30.4 Å². The van der Waals surface area contributed by atoms with E-state index in [-0.39, 0.29) is 5.92 Å². The van der Waals surface area contributed by atoms with Gasteiger partial charge < -0.3 is 0 Å². The van der Waals surface area contributed by atoms with Crippen LogP contribution in [-0.2, 0) is 17.6 Å². The van der Waals surface area contributed by atoms with Gasteiger partial charge in [-0.15, -0.1) is 0 Å². The van der Waals surface area contributed by atoms with Crippen LogP contribution in [0.1, 0.15) is 43.4 Å². The van der Waals surface area contributed by atoms with Crippen molar-refractivity contribution in [1.29, 1.82) is 0 Å². The molecule has 1 aromatic heterocycles. The highest BCUT2D eigenvalue weighted by atomic mass is 16.1. The summed E-state index contributed by atoms with van der Waals surface area (Å²) in [6, 6.07) is 8.51. The molecule has 3 rings (SSSR count). The Hall–Kier alpha value is -2.22. The van der Waals surface area contributed by atoms with E-state index in [1.165, 1.54) is 16.7 Å². The standard InChI is InChI=1S/C21H23NO/c1-3-16(4-2)21(23)12-15-11-18(14-22-13-15)20-10-6-8-17-7-5-9-19(17)20/h5-8,10-11,13-14,16H,3-4,9,12H2,1-2H3. The van der Waals surface area contributed by atoms with Gasteiger partial charge in [0.2, 0.25) is 0 Å². The molecule has 2 heteroatoms. The van der Waals surface area contributed by atoms with Gasteiger partial charge in [-0.05, 0) is 47.6 Å². The summed E-state index contributed by atoms with van der Waals surface area (Å²) < 4.78 is 0. The average molecular weight is 305 g/mol. The zero-order valence-corrected chi connectivity index (χ0v) is 13.9. The van der Waals surface area contributed by atoms with Crippen LogP contribution in [0.3, 0.4) is 0 Å². The van der Waals surface area contributed by atoms with Crippen LogP contribution < -0.4 is 0 Å². The predicted octanol–water partition coefficient (Wildman–Crippen LogP) is 4.87. The van der Waals surface area contributed by atoms with Crippen molar-refractivity contribution in [2.24, 2.45) is 5.92 Å². The van der Waals surface area contributed by atoms with Gasteiger partial charge >= 0.3 is 0 Å². The first-order valence-corrected chi connectivity index (χ1v) is 8.48. The topological polar surface area (TPSA) is 30.0 Å². The van der Waals surface area contributed by atoms with Gasteiger partial charge in [-0.2, -0.15) is 0 Å². The molecule has 1 aliphatic rings. The van der Waals surface area contributed by atoms with Crippen LogP contribution in [0.5, 0.6) is 0 Å². The number of nitrogens with zero attached hydrogens (tertiary/aromatic N) is 1. The first kappa shape index (κ1) is 15.7. The number of fused-ring (bicyclic) bond motifs is 1. The number of hydrogen-bond donors (Lipinski definition) is 0. The lowest BCUT2D eigenvalue weighted by Crippen LogP contribution is -2.15. The Balaban J connectivity index is 1.87. The number of ketones is 1. The van der Waals surface area contributed by atoms with Crippen molar-refractivity contribution in [3.63, 3.8) is 0 Å². The van der Waals surface area contributed by atoms with E-state index in [1.54, 1.807) is 0 Å². The lowest BCUT2D eigenvalue weighted by atomic mass is 9.92. The minimum Gasteiger partial charge on any atom is -0.299 e. The minimum atomic E-state index is 0.170. The third kappa shape index (κ3) is 3.26. The molecule has 1 aromatic carbocycles. The molecule has 0 spiro atoms. The second-order valence-electron chi connectivity index (χ2n) is 6.22. The monoisotopic (exact) mass is 305 g/mol. The van der Waals surface area contributed by atoms with Crippen LogP contribution in [0, 0.1) is 5.92 Å². The van der Waals surface area contributed by atoms with Gasteiger partial charge in [-0.3, -0.25) is 9.78 Å². The van der Waals surface area contributed by atoms with E-state index in [9.17, 15) is 4.79 Å². The number of hydrogen-bond acceptors (Lipinski definition) is 2. The van der Waals surface area contributed by atoms with Gasteiger partial charge in [-0.1, -0.05) is 44.2 Å². The fourth-order valence-electron chi connectivity index (χ4n) is 3.38. The lowest BCUT2D eigenvalue weighted by Gasteiger charge is -2.12. The predicted molar refractivity (Wildman–Crippen MR) is 95.2 cm³/mol. The number of rotatable bonds is 6. The maximum absolute atomic E-state index is 12.4. The number of aromatic nitrogens is 1. The molecule has 0 saturated carbocycles. The molecule has 118 valence electrons. The summed E-state index contributed by atoms with van der Waals surface area (Å²) in [4.78, 5) is 16.7. The molecule has 0 bridgehead atoms. The highest BCUT2D eigenvalue weighted by molar-refractivity contribution is 5.83. The number of allylic oxidation sites excluding steroid dienone is 1. The Morgan fingerprint density at radius 1 is 1.22 bits per heavy atom. The lowest BCUT2D eigenvalue weighted by molar-refractivity contribution is -0.122. The van der Waals surface area contributed by atoms with E-state index < -0.39 is 0 Å². The molecule has 0 atom stereocenters. The molecule has 0 saturated heterocycles. The van der Waals surface area contributed by atoms with Crippen LogP contribution in [0.2, 0.25) is 0 Å². The van der Waals surface area contributed by atoms with Crippen molar-refractivity contribution in [3.05, 3.63) is 59.4 Å². The zero-order chi connectivity index (χ0) is 16.2. The van der Waals surface area contributed by atoms with Crippen molar-refractivity contribution in [1.82, 2.24) is 4.98 Å². The van der Waals surface area contributed by atoms with Gasteiger partial charge in [0.1, 0.15) is 5.78 Å². The number of carbonyl (C=O) groups excluding carboxylic acids is 1. The smallest absolute Gasteiger partial charge is 0.140 e. The number of Topliss-reactive ketones (excluding diaryl/α,β-unsaturated/α-hetero) is 1. The Kier molecular flexibility index (Phi) is 4.71. The summed E-state index contributed by atoms with van der Waals surface area (Å²) in [5.74, 6) is 0.498. The molecule has 1 aliphatic carbocycles. The van der Waals surface area contributed by atoms with Crippen LogP contribution in [0.15, 0.2) is 42.7 Å². The summed E-state index contributed by atoms with van der Waals surface area (Å²) >= 11 is 0. The SMILES string of the molecule is CCC(CC)C(=O)Cc1cncc(-c2cccc3c2CC=C3)c1. The van der Waals surface area contributed by atoms with Crippen molar-refractivity contribution >= 4 is 11.9 Å². The molecule has 0 radical (unpaired) electrons. The maximum atomic E-state index is 12.4. The molecule has 0 aliphatic heterocycles. The Bertz CT molecular complexity index is 741. The highest BCUT2D eigenvalue weighted by Gasteiger charge is 2.16. The normalized spacial score (nSPS) is 12.7. The van der Waals surface area contributed by atoms with Gasteiger partial charge in [0.25, 0.3) is 0 Å². The van der Waals surface area contributed by atoms with Gasteiger partial charge in [0.05, 0.1) is 0 Å². The molecular formula is C21H23NO. The van der Waals surface area contributed by atoms with Crippen molar-refractivity contribution < 1.29 is 4.79 Å². The van der Waals surface area contributed by atoms with Crippen LogP contribution >= 0.6 is 0 Å². The fraction of sp³-hybridized carbons (Fsp3) is 0.333. The molecule has 0 fully saturated rings. The summed E-state index contributed by atoms with van der Waals surface area (Å²) in [7, 11) is 0. The van der Waals surface area contributed by atoms with Crippen molar-refractivity contribution in [3.8, 4) is 11.1 Å². The number of carbonyl (C=O) groups is 1. The van der Waals surface area contributed by atoms with Crippen molar-refractivity contribution in [2.75, 3.05) is 0 Å². The van der Waals surface area contributed by atoms with Crippen LogP contribution in [0.25, 0.3) is 17.2 Å². The summed E-state index contributed by atoms with van der Waals surface area (Å²) in [6.45, 7) is 4.17. The van der Waals surface area contributed by atoms with Crippen LogP contribution in [-0.4, -0.2) is 10.8 Å². The molecule has 1 heterocycles. The van der Waals surface area contributed by atoms with E-state index in [0.29, 0.717) is 12.2 Å². The van der Waals surface area contributed by atoms with E-state index in [1.807, 2.05) is 12.4 Å². The second-order valence-corrected chi connectivity index (χ2v) is 6.22. The summed E-state index contributed by atoms with van der Waals surface area (Å²) in [6.07, 6.45) is 11.4. The molecule has 23 heavy (non-hydrogen) atoms. The third-order valence-electron chi connectivity index (χ3n) is 4.76. The maximum Gasteiger partial charge on any atom is 0.140 e. The van der Waals surface area contributed by atoms with Gasteiger partial charge in [0.15, 0.2) is 0 Å². The third-order valence-corrected chi connectivity index (χ3v) is 4.76. The quantitative estimate of drug-likeness (QED) is 0.762. The van der Waals surface area contributed by atoms with Gasteiger partial charge in [0, 0.05) is 30.3 Å². The largest absolute Gasteiger partial charge is 0.299 e. The number of benzene rings is 1. The minimum absolute atomic E-state index is 0.170. The molecular weight excluding hydrogens is 282 g/mol. The highest BCUT2D eigenvalue weighted by Crippen LogP contribution is 2.31. The summed E-state index contributed by atoms with van der Waals surface area (Å²) in [5.41, 5.74) is 6.01. The molecule has 0 N–H and O–H groups in total. The first-order chi connectivity index (χ1) is 11.2. The molecule has 0 amide bonds. The first-order valence-electron chi connectivity index (χ1n) is 8.48. The average Bonchev–Trinajstić information content (AvgIpc) is 3.04. The Morgan fingerprint density at radius 2 is 2.04 bits per heavy atom. The molecule has 2 nitrogen and oxygen atoms in total. The van der Waals surface area contributed by atoms with E-state index >= 15 is 0 Å². The van der Waals surface area contributed by atoms with E-state index in [4.69, 9.17) is 0 Å². The van der Waals surface area contributed by atoms with E-state index in [2.05, 4.69) is 55.2 Å². The Labute approximate surface area is 138 Å².